The van der Waals surface area contributed by atoms with Gasteiger partial charge in [0.1, 0.15) is 5.60 Å². The van der Waals surface area contributed by atoms with Gasteiger partial charge in [0.25, 0.3) is 5.79 Å². The number of benzene rings is 2. The zero-order valence-corrected chi connectivity index (χ0v) is 19.4. The van der Waals surface area contributed by atoms with Crippen molar-refractivity contribution in [3.63, 3.8) is 0 Å². The zero-order chi connectivity index (χ0) is 22.4. The highest BCUT2D eigenvalue weighted by atomic mass is 35.5. The van der Waals surface area contributed by atoms with Crippen LogP contribution in [0.1, 0.15) is 50.8 Å². The third-order valence-electron chi connectivity index (χ3n) is 5.40. The molecule has 0 saturated heterocycles. The SMILES string of the molecule is Cc1ccc(C2(C)Oc3cccc(C4=CCN(C(=O)OC(C)(C)C)CC4)c3O2)c(Cl)c1. The Labute approximate surface area is 188 Å². The lowest BCUT2D eigenvalue weighted by Crippen LogP contribution is -2.39. The second-order valence-electron chi connectivity index (χ2n) is 9.17. The molecule has 2 aromatic rings. The number of nitrogens with zero attached hydrogens (tertiary/aromatic N) is 1. The van der Waals surface area contributed by atoms with Gasteiger partial charge in [0.05, 0.1) is 10.6 Å². The Balaban J connectivity index is 1.57. The molecule has 2 aliphatic rings. The van der Waals surface area contributed by atoms with Crippen LogP contribution in [0.5, 0.6) is 11.5 Å². The number of fused-ring (bicyclic) bond motifs is 1. The van der Waals surface area contributed by atoms with E-state index in [4.69, 9.17) is 25.8 Å². The number of para-hydroxylation sites is 1. The molecule has 0 fully saturated rings. The molecule has 0 aromatic heterocycles. The van der Waals surface area contributed by atoms with Crippen molar-refractivity contribution in [3.05, 3.63) is 64.2 Å². The molecule has 0 saturated carbocycles. The first kappa shape index (κ1) is 21.6. The van der Waals surface area contributed by atoms with Gasteiger partial charge in [-0.05, 0) is 63.5 Å². The number of rotatable bonds is 2. The highest BCUT2D eigenvalue weighted by molar-refractivity contribution is 6.31. The maximum absolute atomic E-state index is 12.4. The summed E-state index contributed by atoms with van der Waals surface area (Å²) >= 11 is 6.50. The molecule has 2 aromatic carbocycles. The highest BCUT2D eigenvalue weighted by Crippen LogP contribution is 2.49. The maximum Gasteiger partial charge on any atom is 0.410 e. The van der Waals surface area contributed by atoms with Gasteiger partial charge in [-0.25, -0.2) is 4.79 Å². The standard InChI is InChI=1S/C25H28ClNO4/c1-16-9-10-19(20(26)15-16)25(5)29-21-8-6-7-18(22(21)30-25)17-11-13-27(14-12-17)23(28)31-24(2,3)4/h6-11,15H,12-14H2,1-5H3. The Morgan fingerprint density at radius 3 is 2.61 bits per heavy atom. The fraction of sp³-hybridized carbons (Fsp3) is 0.400. The molecule has 31 heavy (non-hydrogen) atoms. The van der Waals surface area contributed by atoms with Crippen LogP contribution in [0.3, 0.4) is 0 Å². The van der Waals surface area contributed by atoms with Crippen molar-refractivity contribution in [1.29, 1.82) is 0 Å². The fourth-order valence-electron chi connectivity index (χ4n) is 3.88. The van der Waals surface area contributed by atoms with Gasteiger partial charge in [0, 0.05) is 25.6 Å². The normalized spacial score (nSPS) is 20.5. The van der Waals surface area contributed by atoms with Crippen LogP contribution in [0.2, 0.25) is 5.02 Å². The molecule has 2 aliphatic heterocycles. The number of hydrogen-bond acceptors (Lipinski definition) is 4. The van der Waals surface area contributed by atoms with Crippen molar-refractivity contribution in [2.45, 2.75) is 52.4 Å². The molecule has 0 bridgehead atoms. The summed E-state index contributed by atoms with van der Waals surface area (Å²) in [5, 5.41) is 0.613. The molecule has 6 heteroatoms. The number of ether oxygens (including phenoxy) is 3. The summed E-state index contributed by atoms with van der Waals surface area (Å²) in [6.45, 7) is 10.6. The van der Waals surface area contributed by atoms with E-state index in [0.717, 1.165) is 22.3 Å². The van der Waals surface area contributed by atoms with Crippen LogP contribution < -0.4 is 9.47 Å². The van der Waals surface area contributed by atoms with E-state index in [9.17, 15) is 4.79 Å². The van der Waals surface area contributed by atoms with E-state index in [2.05, 4.69) is 6.08 Å². The van der Waals surface area contributed by atoms with Crippen LogP contribution in [0.4, 0.5) is 4.79 Å². The van der Waals surface area contributed by atoms with E-state index in [1.807, 2.05) is 71.0 Å². The van der Waals surface area contributed by atoms with Gasteiger partial charge in [-0.15, -0.1) is 0 Å². The van der Waals surface area contributed by atoms with Gasteiger partial charge in [-0.2, -0.15) is 0 Å². The smallest absolute Gasteiger partial charge is 0.410 e. The van der Waals surface area contributed by atoms with E-state index in [1.165, 1.54) is 0 Å². The third kappa shape index (κ3) is 4.38. The summed E-state index contributed by atoms with van der Waals surface area (Å²) in [5.74, 6) is 0.395. The predicted octanol–water partition coefficient (Wildman–Crippen LogP) is 6.32. The van der Waals surface area contributed by atoms with Crippen molar-refractivity contribution in [1.82, 2.24) is 4.90 Å². The molecule has 0 N–H and O–H groups in total. The minimum atomic E-state index is -0.999. The third-order valence-corrected chi connectivity index (χ3v) is 5.71. The zero-order valence-electron chi connectivity index (χ0n) is 18.6. The van der Waals surface area contributed by atoms with E-state index in [1.54, 1.807) is 4.90 Å². The molecule has 4 rings (SSSR count). The second-order valence-corrected chi connectivity index (χ2v) is 9.58. The number of halogens is 1. The summed E-state index contributed by atoms with van der Waals surface area (Å²) < 4.78 is 18.1. The van der Waals surface area contributed by atoms with Crippen molar-refractivity contribution in [2.24, 2.45) is 0 Å². The Kier molecular flexibility index (Phi) is 5.42. The summed E-state index contributed by atoms with van der Waals surface area (Å²) in [6, 6.07) is 11.7. The Morgan fingerprint density at radius 1 is 1.19 bits per heavy atom. The minimum absolute atomic E-state index is 0.290. The van der Waals surface area contributed by atoms with Crippen molar-refractivity contribution < 1.29 is 19.0 Å². The van der Waals surface area contributed by atoms with Crippen LogP contribution in [-0.4, -0.2) is 29.7 Å². The molecule has 164 valence electrons. The first-order chi connectivity index (χ1) is 14.6. The summed E-state index contributed by atoms with van der Waals surface area (Å²) in [4.78, 5) is 14.1. The molecular weight excluding hydrogens is 414 g/mol. The fourth-order valence-corrected chi connectivity index (χ4v) is 4.29. The van der Waals surface area contributed by atoms with E-state index in [-0.39, 0.29) is 6.09 Å². The average Bonchev–Trinajstić information content (AvgIpc) is 3.03. The number of amides is 1. The number of carbonyl (C=O) groups excluding carboxylic acids is 1. The largest absolute Gasteiger partial charge is 0.444 e. The molecule has 5 nitrogen and oxygen atoms in total. The van der Waals surface area contributed by atoms with Crippen molar-refractivity contribution >= 4 is 23.3 Å². The van der Waals surface area contributed by atoms with Crippen LogP contribution in [-0.2, 0) is 10.5 Å². The van der Waals surface area contributed by atoms with Crippen molar-refractivity contribution in [3.8, 4) is 11.5 Å². The van der Waals surface area contributed by atoms with Crippen LogP contribution in [0.25, 0.3) is 5.57 Å². The molecule has 1 unspecified atom stereocenters. The summed E-state index contributed by atoms with van der Waals surface area (Å²) in [5.41, 5.74) is 3.47. The average molecular weight is 442 g/mol. The molecule has 0 aliphatic carbocycles. The Hall–Kier alpha value is -2.66. The first-order valence-corrected chi connectivity index (χ1v) is 10.9. The van der Waals surface area contributed by atoms with Gasteiger partial charge in [0.2, 0.25) is 0 Å². The Bertz CT molecular complexity index is 1060. The minimum Gasteiger partial charge on any atom is -0.444 e. The molecule has 0 spiro atoms. The van der Waals surface area contributed by atoms with Gasteiger partial charge in [-0.1, -0.05) is 35.9 Å². The lowest BCUT2D eigenvalue weighted by atomic mass is 9.98. The maximum atomic E-state index is 12.4. The molecular formula is C25H28ClNO4. The lowest BCUT2D eigenvalue weighted by Gasteiger charge is -2.30. The molecule has 2 heterocycles. The molecule has 1 atom stereocenters. The number of hydrogen-bond donors (Lipinski definition) is 0. The number of carbonyl (C=O) groups is 1. The number of aryl methyl sites for hydroxylation is 1. The van der Waals surface area contributed by atoms with Crippen LogP contribution >= 0.6 is 11.6 Å². The molecule has 0 radical (unpaired) electrons. The van der Waals surface area contributed by atoms with Crippen LogP contribution in [0, 0.1) is 6.92 Å². The molecule has 1 amide bonds. The Morgan fingerprint density at radius 2 is 1.97 bits per heavy atom. The monoisotopic (exact) mass is 441 g/mol. The van der Waals surface area contributed by atoms with E-state index >= 15 is 0 Å². The summed E-state index contributed by atoms with van der Waals surface area (Å²) in [7, 11) is 0. The first-order valence-electron chi connectivity index (χ1n) is 10.5. The van der Waals surface area contributed by atoms with Gasteiger partial charge in [-0.3, -0.25) is 0 Å². The van der Waals surface area contributed by atoms with Crippen molar-refractivity contribution in [2.75, 3.05) is 13.1 Å². The van der Waals surface area contributed by atoms with E-state index in [0.29, 0.717) is 36.0 Å². The predicted molar refractivity (Wildman–Crippen MR) is 122 cm³/mol. The van der Waals surface area contributed by atoms with E-state index < -0.39 is 11.4 Å². The van der Waals surface area contributed by atoms with Crippen LogP contribution in [0.15, 0.2) is 42.5 Å². The topological polar surface area (TPSA) is 48.0 Å². The lowest BCUT2D eigenvalue weighted by molar-refractivity contribution is -0.0680. The quantitative estimate of drug-likeness (QED) is 0.547. The van der Waals surface area contributed by atoms with Gasteiger partial charge in [0.15, 0.2) is 11.5 Å². The van der Waals surface area contributed by atoms with Gasteiger partial charge >= 0.3 is 6.09 Å². The van der Waals surface area contributed by atoms with Gasteiger partial charge < -0.3 is 19.1 Å². The highest BCUT2D eigenvalue weighted by Gasteiger charge is 2.41. The summed E-state index contributed by atoms with van der Waals surface area (Å²) in [6.07, 6.45) is 2.48. The second kappa shape index (κ2) is 7.79.